The SMILES string of the molecule is C=CC(=O)N1C(=O)CSC1=S. The average Bonchev–Trinajstić information content (AvgIpc) is 2.30. The van der Waals surface area contributed by atoms with Crippen LogP contribution < -0.4 is 0 Å². The highest BCUT2D eigenvalue weighted by Gasteiger charge is 2.30. The summed E-state index contributed by atoms with van der Waals surface area (Å²) in [5.41, 5.74) is 0. The molecular weight excluding hydrogens is 182 g/mol. The Hall–Kier alpha value is -0.680. The number of carbonyl (C=O) groups is 2. The molecule has 58 valence electrons. The molecule has 5 heteroatoms. The second kappa shape index (κ2) is 3.15. The fraction of sp³-hybridized carbons (Fsp3) is 0.167. The molecule has 1 fully saturated rings. The van der Waals surface area contributed by atoms with Gasteiger partial charge in [-0.1, -0.05) is 30.6 Å². The zero-order valence-corrected chi connectivity index (χ0v) is 7.20. The normalized spacial score (nSPS) is 17.3. The van der Waals surface area contributed by atoms with Gasteiger partial charge in [0.15, 0.2) is 4.32 Å². The average molecular weight is 187 g/mol. The molecule has 0 saturated carbocycles. The molecule has 0 N–H and O–H groups in total. The molecule has 0 atom stereocenters. The third-order valence-corrected chi connectivity index (χ3v) is 2.50. The van der Waals surface area contributed by atoms with Crippen LogP contribution in [0.25, 0.3) is 0 Å². The first kappa shape index (κ1) is 8.42. The maximum Gasteiger partial charge on any atom is 0.258 e. The minimum absolute atomic E-state index is 0.259. The molecule has 0 aromatic heterocycles. The van der Waals surface area contributed by atoms with Crippen LogP contribution in [-0.4, -0.2) is 26.8 Å². The summed E-state index contributed by atoms with van der Waals surface area (Å²) in [5, 5.41) is 0. The Bertz CT molecular complexity index is 233. The number of thioether (sulfide) groups is 1. The molecule has 0 unspecified atom stereocenters. The summed E-state index contributed by atoms with van der Waals surface area (Å²) in [6, 6.07) is 0. The number of carbonyl (C=O) groups excluding carboxylic acids is 2. The third kappa shape index (κ3) is 1.49. The number of imide groups is 1. The number of hydrogen-bond acceptors (Lipinski definition) is 4. The van der Waals surface area contributed by atoms with Crippen LogP contribution in [0, 0.1) is 0 Å². The summed E-state index contributed by atoms with van der Waals surface area (Å²) in [6.45, 7) is 3.26. The van der Waals surface area contributed by atoms with E-state index < -0.39 is 5.91 Å². The van der Waals surface area contributed by atoms with Crippen LogP contribution in [0.3, 0.4) is 0 Å². The number of thiocarbonyl (C=S) groups is 1. The number of amides is 2. The second-order valence-corrected chi connectivity index (χ2v) is 3.44. The molecule has 1 heterocycles. The van der Waals surface area contributed by atoms with Crippen LogP contribution >= 0.6 is 24.0 Å². The molecule has 0 radical (unpaired) electrons. The minimum Gasteiger partial charge on any atom is -0.273 e. The molecule has 3 nitrogen and oxygen atoms in total. The van der Waals surface area contributed by atoms with E-state index in [1.807, 2.05) is 0 Å². The fourth-order valence-electron chi connectivity index (χ4n) is 0.659. The van der Waals surface area contributed by atoms with E-state index in [4.69, 9.17) is 12.2 Å². The quantitative estimate of drug-likeness (QED) is 0.444. The van der Waals surface area contributed by atoms with Crippen molar-refractivity contribution in [2.24, 2.45) is 0 Å². The summed E-state index contributed by atoms with van der Waals surface area (Å²) in [7, 11) is 0. The molecule has 1 saturated heterocycles. The van der Waals surface area contributed by atoms with Gasteiger partial charge in [0.1, 0.15) is 0 Å². The molecule has 1 rings (SSSR count). The smallest absolute Gasteiger partial charge is 0.258 e. The van der Waals surface area contributed by atoms with E-state index in [0.29, 0.717) is 4.32 Å². The summed E-state index contributed by atoms with van der Waals surface area (Å²) in [4.78, 5) is 22.8. The molecule has 1 aliphatic heterocycles. The molecule has 0 aromatic carbocycles. The Balaban J connectivity index is 2.84. The lowest BCUT2D eigenvalue weighted by Crippen LogP contribution is -2.33. The maximum absolute atomic E-state index is 10.9. The third-order valence-electron chi connectivity index (χ3n) is 1.15. The van der Waals surface area contributed by atoms with Crippen molar-refractivity contribution in [3.05, 3.63) is 12.7 Å². The first-order valence-corrected chi connectivity index (χ1v) is 4.22. The van der Waals surface area contributed by atoms with Gasteiger partial charge in [0.05, 0.1) is 5.75 Å². The lowest BCUT2D eigenvalue weighted by atomic mass is 10.5. The van der Waals surface area contributed by atoms with Crippen LogP contribution in [0.2, 0.25) is 0 Å². The lowest BCUT2D eigenvalue weighted by Gasteiger charge is -2.08. The Labute approximate surface area is 73.4 Å². The van der Waals surface area contributed by atoms with E-state index in [9.17, 15) is 9.59 Å². The number of rotatable bonds is 1. The fourth-order valence-corrected chi connectivity index (χ4v) is 1.72. The highest BCUT2D eigenvalue weighted by atomic mass is 32.2. The Morgan fingerprint density at radius 2 is 2.45 bits per heavy atom. The minimum atomic E-state index is -0.440. The largest absolute Gasteiger partial charge is 0.273 e. The summed E-state index contributed by atoms with van der Waals surface area (Å²) < 4.78 is 0.319. The molecule has 2 amide bonds. The van der Waals surface area contributed by atoms with Crippen molar-refractivity contribution in [1.29, 1.82) is 0 Å². The Morgan fingerprint density at radius 3 is 2.82 bits per heavy atom. The highest BCUT2D eigenvalue weighted by molar-refractivity contribution is 8.24. The van der Waals surface area contributed by atoms with Crippen molar-refractivity contribution in [2.45, 2.75) is 0 Å². The number of nitrogens with zero attached hydrogens (tertiary/aromatic N) is 1. The van der Waals surface area contributed by atoms with Crippen molar-refractivity contribution >= 4 is 40.1 Å². The van der Waals surface area contributed by atoms with Gasteiger partial charge >= 0.3 is 0 Å². The molecule has 1 aliphatic rings. The van der Waals surface area contributed by atoms with Crippen LogP contribution in [-0.2, 0) is 9.59 Å². The highest BCUT2D eigenvalue weighted by Crippen LogP contribution is 2.19. The predicted octanol–water partition coefficient (Wildman–Crippen LogP) is 0.559. The van der Waals surface area contributed by atoms with Gasteiger partial charge in [-0.15, -0.1) is 0 Å². The molecule has 0 spiro atoms. The molecule has 11 heavy (non-hydrogen) atoms. The zero-order valence-electron chi connectivity index (χ0n) is 5.57. The monoisotopic (exact) mass is 187 g/mol. The maximum atomic E-state index is 10.9. The predicted molar refractivity (Wildman–Crippen MR) is 47.1 cm³/mol. The van der Waals surface area contributed by atoms with Gasteiger partial charge in [0.25, 0.3) is 5.91 Å². The zero-order chi connectivity index (χ0) is 8.43. The van der Waals surface area contributed by atoms with Crippen LogP contribution in [0.15, 0.2) is 12.7 Å². The molecule has 0 aliphatic carbocycles. The Kier molecular flexibility index (Phi) is 2.41. The van der Waals surface area contributed by atoms with E-state index >= 15 is 0 Å². The van der Waals surface area contributed by atoms with Crippen molar-refractivity contribution in [1.82, 2.24) is 4.90 Å². The summed E-state index contributed by atoms with van der Waals surface area (Å²) in [6.07, 6.45) is 1.08. The van der Waals surface area contributed by atoms with Gasteiger partial charge in [0.2, 0.25) is 5.91 Å². The van der Waals surface area contributed by atoms with Gasteiger partial charge in [0, 0.05) is 0 Å². The van der Waals surface area contributed by atoms with Crippen LogP contribution in [0.5, 0.6) is 0 Å². The number of hydrogen-bond donors (Lipinski definition) is 0. The van der Waals surface area contributed by atoms with Gasteiger partial charge in [-0.2, -0.15) is 0 Å². The topological polar surface area (TPSA) is 37.4 Å². The van der Waals surface area contributed by atoms with E-state index in [2.05, 4.69) is 6.58 Å². The van der Waals surface area contributed by atoms with Crippen molar-refractivity contribution < 1.29 is 9.59 Å². The summed E-state index contributed by atoms with van der Waals surface area (Å²) >= 11 is 5.96. The van der Waals surface area contributed by atoms with Gasteiger partial charge < -0.3 is 0 Å². The van der Waals surface area contributed by atoms with Gasteiger partial charge in [-0.05, 0) is 6.08 Å². The van der Waals surface area contributed by atoms with Crippen molar-refractivity contribution in [3.63, 3.8) is 0 Å². The van der Waals surface area contributed by atoms with Crippen LogP contribution in [0.4, 0.5) is 0 Å². The van der Waals surface area contributed by atoms with Crippen molar-refractivity contribution in [3.8, 4) is 0 Å². The first-order valence-electron chi connectivity index (χ1n) is 2.83. The second-order valence-electron chi connectivity index (χ2n) is 1.83. The van der Waals surface area contributed by atoms with Gasteiger partial charge in [-0.3, -0.25) is 9.59 Å². The first-order chi connectivity index (χ1) is 5.16. The van der Waals surface area contributed by atoms with E-state index in [1.165, 1.54) is 11.8 Å². The lowest BCUT2D eigenvalue weighted by molar-refractivity contribution is -0.134. The van der Waals surface area contributed by atoms with E-state index in [0.717, 1.165) is 11.0 Å². The van der Waals surface area contributed by atoms with Crippen molar-refractivity contribution in [2.75, 3.05) is 5.75 Å². The standard InChI is InChI=1S/C6H5NO2S2/c1-2-4(8)7-5(9)3-11-6(7)10/h2H,1,3H2. The summed E-state index contributed by atoms with van der Waals surface area (Å²) in [5.74, 6) is -0.437. The van der Waals surface area contributed by atoms with E-state index in [-0.39, 0.29) is 11.7 Å². The van der Waals surface area contributed by atoms with E-state index in [1.54, 1.807) is 0 Å². The van der Waals surface area contributed by atoms with Crippen LogP contribution in [0.1, 0.15) is 0 Å². The Morgan fingerprint density at radius 1 is 1.82 bits per heavy atom. The molecular formula is C6H5NO2S2. The van der Waals surface area contributed by atoms with Gasteiger partial charge in [-0.25, -0.2) is 4.90 Å². The molecule has 0 bridgehead atoms. The molecule has 0 aromatic rings.